The molecule has 16 N–H and O–H groups in total. The summed E-state index contributed by atoms with van der Waals surface area (Å²) < 4.78 is 30.2. The zero-order valence-electron chi connectivity index (χ0n) is 54.3. The van der Waals surface area contributed by atoms with E-state index in [1.165, 1.54) is 35.3 Å². The second kappa shape index (κ2) is 36.4. The molecule has 26 nitrogen and oxygen atoms in total. The van der Waals surface area contributed by atoms with E-state index < -0.39 is 151 Å². The summed E-state index contributed by atoms with van der Waals surface area (Å²) in [5.41, 5.74) is 13.5. The normalized spacial score (nSPS) is 34.5. The Bertz CT molecular complexity index is 2860. The molecule has 4 heterocycles. The van der Waals surface area contributed by atoms with Gasteiger partial charge >= 0.3 is 5.97 Å². The van der Waals surface area contributed by atoms with Gasteiger partial charge in [0.25, 0.3) is 0 Å². The van der Waals surface area contributed by atoms with Crippen LogP contribution in [0.15, 0.2) is 24.3 Å². The number of aliphatic hydroxyl groups excluding tert-OH is 1. The molecule has 1 aromatic carbocycles. The number of nitrogens with one attached hydrogen (secondary N) is 10. The molecule has 0 radical (unpaired) electrons. The van der Waals surface area contributed by atoms with Crippen LogP contribution in [0.2, 0.25) is 0 Å². The standard InChI is InChI=1S/C65H99F2N13O13S2/c1-35-59(87)78-52(23-36-10-14-43(81)15-11-36)65(93)80-20-5-9-54(80)64(92)79-53(58(69)86)34-95-33-38-7-4-6-37(22-38)32-94-21-18-55(82)74-48(8-2-3-19-68)60(88)72-31-56(83)75-49(24-39-29-70-46-16-12-41(66)26-44(39)46)62(90)76-50(63(91)77-51(28-57(84)85)61(89)73-35)25-40-30-71-47-17-13-42(67)27-45(40)47/h4,6-7,22,35-36,39-54,70-71,81H,2-3,5,8-21,23-34,68H2,1H3,(H2,69,86)(H,72,88)(H,73,89)(H,74,82)(H,75,83)(H,76,90)(H,77,91)(H,78,87)(H,79,92)(H,84,85)/t35-,36?,39?,40?,41?,42?,43?,44?,45?,46?,47?,48-,49-,50-,51-,52-,53-,54-/m0/s1. The van der Waals surface area contributed by atoms with Crippen LogP contribution in [0, 0.1) is 29.6 Å². The molecule has 10 amide bonds. The number of hydrogen-bond donors (Lipinski definition) is 14. The van der Waals surface area contributed by atoms with E-state index in [0.29, 0.717) is 108 Å². The third-order valence-electron chi connectivity index (χ3n) is 20.1. The van der Waals surface area contributed by atoms with Gasteiger partial charge in [-0.25, -0.2) is 8.78 Å². The van der Waals surface area contributed by atoms with Crippen molar-refractivity contribution in [3.63, 3.8) is 0 Å². The molecule has 7 aliphatic rings. The predicted octanol–water partition coefficient (Wildman–Crippen LogP) is 0.340. The van der Waals surface area contributed by atoms with Crippen molar-refractivity contribution in [1.82, 2.24) is 58.1 Å². The summed E-state index contributed by atoms with van der Waals surface area (Å²) in [5, 5.41) is 48.8. The summed E-state index contributed by atoms with van der Waals surface area (Å²) in [6.07, 6.45) is 2.16. The topological polar surface area (TPSA) is 404 Å². The molecule has 528 valence electrons. The highest BCUT2D eigenvalue weighted by Gasteiger charge is 2.46. The summed E-state index contributed by atoms with van der Waals surface area (Å²) in [6.45, 7) is 1.82. The van der Waals surface area contributed by atoms with Gasteiger partial charge in [0.1, 0.15) is 60.7 Å². The van der Waals surface area contributed by atoms with Gasteiger partial charge in [-0.05, 0) is 183 Å². The Hall–Kier alpha value is -6.21. The van der Waals surface area contributed by atoms with Crippen LogP contribution in [0.5, 0.6) is 0 Å². The Labute approximate surface area is 562 Å². The highest BCUT2D eigenvalue weighted by molar-refractivity contribution is 7.98. The second-order valence-corrected chi connectivity index (χ2v) is 29.3. The molecule has 8 unspecified atom stereocenters. The number of halogens is 2. The second-order valence-electron chi connectivity index (χ2n) is 27.1. The van der Waals surface area contributed by atoms with E-state index in [0.717, 1.165) is 11.1 Å². The van der Waals surface area contributed by atoms with Gasteiger partial charge in [0.2, 0.25) is 59.1 Å². The number of carboxylic acids is 1. The van der Waals surface area contributed by atoms with Crippen molar-refractivity contribution < 1.29 is 71.7 Å². The number of carbonyl (C=O) groups excluding carboxylic acids is 10. The minimum absolute atomic E-state index is 0.0359. The Balaban J connectivity index is 1.07. The minimum Gasteiger partial charge on any atom is -0.481 e. The van der Waals surface area contributed by atoms with E-state index in [4.69, 9.17) is 11.5 Å². The predicted molar refractivity (Wildman–Crippen MR) is 352 cm³/mol. The fraction of sp³-hybridized carbons (Fsp3) is 0.738. The lowest BCUT2D eigenvalue weighted by Crippen LogP contribution is -2.60. The van der Waals surface area contributed by atoms with E-state index in [1.807, 2.05) is 24.3 Å². The number of fused-ring (bicyclic) bond motifs is 5. The van der Waals surface area contributed by atoms with Gasteiger partial charge in [-0.1, -0.05) is 24.3 Å². The number of primary amides is 1. The summed E-state index contributed by atoms with van der Waals surface area (Å²) in [4.78, 5) is 156. The monoisotopic (exact) mass is 1370 g/mol. The molecule has 2 bridgehead atoms. The molecule has 0 spiro atoms. The van der Waals surface area contributed by atoms with E-state index in [-0.39, 0.29) is 99.4 Å². The van der Waals surface area contributed by atoms with Gasteiger partial charge in [-0.2, -0.15) is 23.5 Å². The van der Waals surface area contributed by atoms with Crippen molar-refractivity contribution in [3.8, 4) is 0 Å². The number of benzene rings is 1. The van der Waals surface area contributed by atoms with Gasteiger partial charge in [-0.3, -0.25) is 52.7 Å². The molecule has 8 rings (SSSR count). The van der Waals surface area contributed by atoms with Crippen LogP contribution in [0.4, 0.5) is 8.78 Å². The zero-order chi connectivity index (χ0) is 68.3. The Kier molecular flexibility index (Phi) is 28.6. The quantitative estimate of drug-likeness (QED) is 0.118. The van der Waals surface area contributed by atoms with Gasteiger partial charge in [0.05, 0.1) is 19.1 Å². The summed E-state index contributed by atoms with van der Waals surface area (Å²) in [7, 11) is 0. The zero-order valence-corrected chi connectivity index (χ0v) is 55.9. The van der Waals surface area contributed by atoms with E-state index >= 15 is 13.6 Å². The summed E-state index contributed by atoms with van der Waals surface area (Å²) in [6, 6.07) is -3.18. The number of amides is 10. The minimum atomic E-state index is -1.87. The van der Waals surface area contributed by atoms with Crippen molar-refractivity contribution in [1.29, 1.82) is 0 Å². The Morgan fingerprint density at radius 1 is 0.642 bits per heavy atom. The Morgan fingerprint density at radius 3 is 1.85 bits per heavy atom. The van der Waals surface area contributed by atoms with Crippen molar-refractivity contribution in [2.45, 2.75) is 226 Å². The first-order chi connectivity index (χ1) is 45.5. The van der Waals surface area contributed by atoms with Crippen LogP contribution < -0.4 is 64.6 Å². The maximum Gasteiger partial charge on any atom is 0.305 e. The lowest BCUT2D eigenvalue weighted by Gasteiger charge is -2.34. The van der Waals surface area contributed by atoms with Crippen molar-refractivity contribution in [2.75, 3.05) is 44.2 Å². The van der Waals surface area contributed by atoms with Gasteiger partial charge in [0.15, 0.2) is 0 Å². The van der Waals surface area contributed by atoms with E-state index in [2.05, 4.69) is 53.2 Å². The van der Waals surface area contributed by atoms with Crippen molar-refractivity contribution in [2.24, 2.45) is 41.1 Å². The number of carbonyl (C=O) groups is 11. The first-order valence-electron chi connectivity index (χ1n) is 34.1. The maximum absolute atomic E-state index is 15.1. The average Bonchev–Trinajstić information content (AvgIpc) is 1.73. The molecule has 95 heavy (non-hydrogen) atoms. The SMILES string of the molecule is C[C@@H]1NC(=O)[C@H](CC(=O)O)NC(=O)[C@H](CC2CNC3CCC(F)CC23)NC(=O)[C@H](CC2CNC3CCC(F)CC23)NC(=O)CNC(=O)[C@H](CCCCN)NC(=O)CCSCc2cccc(c2)CSC[C@@H](C(N)=O)NC(=O)[C@@H]2CCCN2C(=O)[C@H](CC2CCC(O)CC2)NC1=O. The molecule has 0 aromatic heterocycles. The fourth-order valence-electron chi connectivity index (χ4n) is 14.9. The highest BCUT2D eigenvalue weighted by Crippen LogP contribution is 2.40. The number of nitrogens with zero attached hydrogens (tertiary/aromatic N) is 1. The lowest BCUT2D eigenvalue weighted by atomic mass is 9.76. The molecular weight excluding hydrogens is 1270 g/mol. The molecule has 4 aliphatic heterocycles. The molecule has 30 heteroatoms. The van der Waals surface area contributed by atoms with E-state index in [9.17, 15) is 58.2 Å². The van der Waals surface area contributed by atoms with Gasteiger partial charge < -0.3 is 79.7 Å². The van der Waals surface area contributed by atoms with Crippen LogP contribution in [-0.2, 0) is 64.2 Å². The molecule has 3 aliphatic carbocycles. The summed E-state index contributed by atoms with van der Waals surface area (Å²) in [5.74, 6) is -9.21. The van der Waals surface area contributed by atoms with Crippen LogP contribution in [0.3, 0.4) is 0 Å². The van der Waals surface area contributed by atoms with Crippen LogP contribution >= 0.6 is 23.5 Å². The van der Waals surface area contributed by atoms with Gasteiger partial charge in [-0.15, -0.1) is 0 Å². The third kappa shape index (κ3) is 22.2. The number of hydrogen-bond acceptors (Lipinski definition) is 17. The average molecular weight is 1370 g/mol. The van der Waals surface area contributed by atoms with Crippen molar-refractivity contribution in [3.05, 3.63) is 35.4 Å². The van der Waals surface area contributed by atoms with Gasteiger partial charge in [0, 0.05) is 48.1 Å². The number of nitrogens with two attached hydrogens (primary N) is 2. The number of aliphatic hydroxyl groups is 1. The molecule has 1 aromatic rings. The summed E-state index contributed by atoms with van der Waals surface area (Å²) >= 11 is 2.86. The molecule has 3 saturated heterocycles. The Morgan fingerprint density at radius 2 is 1.23 bits per heavy atom. The number of aliphatic carboxylic acids is 1. The lowest BCUT2D eigenvalue weighted by molar-refractivity contribution is -0.143. The van der Waals surface area contributed by atoms with E-state index in [1.54, 1.807) is 0 Å². The largest absolute Gasteiger partial charge is 0.481 e. The number of alkyl halides is 2. The van der Waals surface area contributed by atoms with Crippen LogP contribution in [0.1, 0.15) is 146 Å². The first-order valence-corrected chi connectivity index (χ1v) is 36.4. The third-order valence-corrected chi connectivity index (χ3v) is 22.2. The molecule has 6 fully saturated rings. The first kappa shape index (κ1) is 74.6. The highest BCUT2D eigenvalue weighted by atomic mass is 32.2. The number of rotatable bonds is 13. The molecule has 3 saturated carbocycles. The smallest absolute Gasteiger partial charge is 0.305 e. The number of thioether (sulfide) groups is 2. The molecule has 16 atom stereocenters. The van der Waals surface area contributed by atoms with Crippen LogP contribution in [-0.4, -0.2) is 203 Å². The van der Waals surface area contributed by atoms with Crippen molar-refractivity contribution >= 4 is 88.6 Å². The number of unbranched alkanes of at least 4 members (excludes halogenated alkanes) is 1. The molecular formula is C65H99F2N13O13S2. The maximum atomic E-state index is 15.1. The number of carboxylic acid groups (broad SMARTS) is 1. The van der Waals surface area contributed by atoms with Crippen LogP contribution in [0.25, 0.3) is 0 Å². The fourth-order valence-corrected chi connectivity index (χ4v) is 16.8.